The first-order chi connectivity index (χ1) is 9.29. The number of nitrogens with zero attached hydrogens (tertiary/aromatic N) is 1. The van der Waals surface area contributed by atoms with Crippen LogP contribution in [0.3, 0.4) is 0 Å². The summed E-state index contributed by atoms with van der Waals surface area (Å²) in [4.78, 5) is 13.5. The Balaban J connectivity index is 2.42. The number of nitrogens with one attached hydrogen (secondary N) is 1. The molecule has 1 amide bonds. The lowest BCUT2D eigenvalue weighted by atomic mass is 10.3. The summed E-state index contributed by atoms with van der Waals surface area (Å²) in [6, 6.07) is 6.89. The fraction of sp³-hybridized carbons (Fsp3) is 0.462. The van der Waals surface area contributed by atoms with Crippen molar-refractivity contribution in [1.29, 1.82) is 0 Å². The van der Waals surface area contributed by atoms with E-state index in [-0.39, 0.29) is 0 Å². The quantitative estimate of drug-likeness (QED) is 0.638. The zero-order valence-corrected chi connectivity index (χ0v) is 13.6. The highest BCUT2D eigenvalue weighted by Crippen LogP contribution is 2.28. The van der Waals surface area contributed by atoms with Gasteiger partial charge in [-0.25, -0.2) is 0 Å². The summed E-state index contributed by atoms with van der Waals surface area (Å²) in [7, 11) is 4.03. The Hall–Kier alpha value is -0.680. The molecule has 0 bridgehead atoms. The van der Waals surface area contributed by atoms with Crippen LogP contribution in [-0.2, 0) is 4.79 Å². The normalized spacial score (nSPS) is 11.5. The first-order valence-electron chi connectivity index (χ1n) is 6.05. The summed E-state index contributed by atoms with van der Waals surface area (Å²) in [6.07, 6.45) is 0.943. The van der Waals surface area contributed by atoms with E-state index >= 15 is 0 Å². The van der Waals surface area contributed by atoms with Crippen molar-refractivity contribution in [3.05, 3.63) is 24.3 Å². The first kappa shape index (κ1) is 17.4. The number of ether oxygens (including phenoxy) is 1. The second-order valence-electron chi connectivity index (χ2n) is 4.48. The number of halogens is 3. The Morgan fingerprint density at radius 1 is 1.25 bits per heavy atom. The molecule has 1 rings (SSSR count). The van der Waals surface area contributed by atoms with Crippen LogP contribution in [-0.4, -0.2) is 41.8 Å². The van der Waals surface area contributed by atoms with E-state index in [0.29, 0.717) is 12.3 Å². The smallest absolute Gasteiger partial charge is 0.276 e. The Labute approximate surface area is 133 Å². The van der Waals surface area contributed by atoms with Crippen LogP contribution in [0.2, 0.25) is 0 Å². The van der Waals surface area contributed by atoms with E-state index in [1.54, 1.807) is 24.3 Å². The maximum absolute atomic E-state index is 11.5. The Morgan fingerprint density at radius 3 is 2.35 bits per heavy atom. The molecule has 0 saturated carbocycles. The highest BCUT2D eigenvalue weighted by molar-refractivity contribution is 6.76. The van der Waals surface area contributed by atoms with Crippen molar-refractivity contribution in [2.75, 3.05) is 32.6 Å². The van der Waals surface area contributed by atoms with Gasteiger partial charge in [0.05, 0.1) is 6.61 Å². The molecule has 0 radical (unpaired) electrons. The van der Waals surface area contributed by atoms with Crippen molar-refractivity contribution in [2.45, 2.75) is 10.2 Å². The maximum Gasteiger partial charge on any atom is 0.276 e. The minimum Gasteiger partial charge on any atom is -0.494 e. The van der Waals surface area contributed by atoms with Crippen LogP contribution in [0.1, 0.15) is 6.42 Å². The van der Waals surface area contributed by atoms with Gasteiger partial charge in [0, 0.05) is 12.2 Å². The van der Waals surface area contributed by atoms with E-state index in [2.05, 4.69) is 10.2 Å². The highest BCUT2D eigenvalue weighted by Gasteiger charge is 2.30. The Bertz CT molecular complexity index is 430. The molecule has 112 valence electrons. The number of rotatable bonds is 6. The summed E-state index contributed by atoms with van der Waals surface area (Å²) in [5, 5.41) is 2.49. The fourth-order valence-electron chi connectivity index (χ4n) is 1.41. The minimum atomic E-state index is -1.97. The average molecular weight is 340 g/mol. The van der Waals surface area contributed by atoms with Crippen LogP contribution < -0.4 is 10.1 Å². The van der Waals surface area contributed by atoms with Gasteiger partial charge in [-0.3, -0.25) is 4.79 Å². The topological polar surface area (TPSA) is 41.6 Å². The molecule has 0 aromatic heterocycles. The van der Waals surface area contributed by atoms with Crippen molar-refractivity contribution in [1.82, 2.24) is 4.90 Å². The van der Waals surface area contributed by atoms with Crippen LogP contribution >= 0.6 is 34.8 Å². The maximum atomic E-state index is 11.5. The van der Waals surface area contributed by atoms with E-state index in [4.69, 9.17) is 39.5 Å². The number of amides is 1. The largest absolute Gasteiger partial charge is 0.494 e. The van der Waals surface area contributed by atoms with Gasteiger partial charge in [-0.05, 0) is 44.8 Å². The fourth-order valence-corrected chi connectivity index (χ4v) is 1.55. The van der Waals surface area contributed by atoms with Crippen molar-refractivity contribution in [3.63, 3.8) is 0 Å². The van der Waals surface area contributed by atoms with E-state index in [1.807, 2.05) is 14.1 Å². The lowest BCUT2D eigenvalue weighted by Crippen LogP contribution is -2.26. The van der Waals surface area contributed by atoms with Crippen molar-refractivity contribution >= 4 is 46.4 Å². The molecule has 0 saturated heterocycles. The zero-order valence-electron chi connectivity index (χ0n) is 11.3. The second-order valence-corrected chi connectivity index (χ2v) is 6.76. The lowest BCUT2D eigenvalue weighted by Gasteiger charge is -2.12. The zero-order chi connectivity index (χ0) is 15.2. The molecule has 0 fully saturated rings. The molecule has 0 aliphatic heterocycles. The molecule has 1 aromatic rings. The predicted octanol–water partition coefficient (Wildman–Crippen LogP) is 3.33. The van der Waals surface area contributed by atoms with E-state index in [9.17, 15) is 4.79 Å². The minimum absolute atomic E-state index is 0.543. The van der Waals surface area contributed by atoms with Gasteiger partial charge < -0.3 is 15.0 Å². The third-order valence-corrected chi connectivity index (χ3v) is 2.90. The lowest BCUT2D eigenvalue weighted by molar-refractivity contribution is -0.115. The number of alkyl halides is 3. The van der Waals surface area contributed by atoms with E-state index < -0.39 is 9.70 Å². The summed E-state index contributed by atoms with van der Waals surface area (Å²) < 4.78 is 3.60. The number of hydrogen-bond acceptors (Lipinski definition) is 3. The summed E-state index contributed by atoms with van der Waals surface area (Å²) in [6.45, 7) is 1.61. The molecule has 7 heteroatoms. The molecule has 4 nitrogen and oxygen atoms in total. The van der Waals surface area contributed by atoms with Crippen LogP contribution in [0.5, 0.6) is 5.75 Å². The van der Waals surface area contributed by atoms with Crippen LogP contribution in [0.15, 0.2) is 24.3 Å². The molecule has 0 heterocycles. The Morgan fingerprint density at radius 2 is 1.85 bits per heavy atom. The average Bonchev–Trinajstić information content (AvgIpc) is 2.35. The van der Waals surface area contributed by atoms with Gasteiger partial charge >= 0.3 is 0 Å². The van der Waals surface area contributed by atoms with E-state index in [1.165, 1.54) is 0 Å². The van der Waals surface area contributed by atoms with Crippen LogP contribution in [0, 0.1) is 0 Å². The third-order valence-electron chi connectivity index (χ3n) is 2.39. The summed E-state index contributed by atoms with van der Waals surface area (Å²) in [5.74, 6) is 0.0396. The first-order valence-corrected chi connectivity index (χ1v) is 7.18. The highest BCUT2D eigenvalue weighted by atomic mass is 35.6. The standard InChI is InChI=1S/C13H17Cl3N2O2/c1-18(2)8-3-9-20-11-6-4-10(5-7-11)17-12(19)13(14,15)16/h4-7H,3,8-9H2,1-2H3,(H,17,19). The van der Waals surface area contributed by atoms with Gasteiger partial charge in [0.2, 0.25) is 0 Å². The monoisotopic (exact) mass is 338 g/mol. The van der Waals surface area contributed by atoms with Crippen molar-refractivity contribution in [3.8, 4) is 5.75 Å². The molecule has 0 spiro atoms. The molecule has 0 unspecified atom stereocenters. The Kier molecular flexibility index (Phi) is 6.89. The molecule has 1 N–H and O–H groups in total. The second kappa shape index (κ2) is 7.93. The molecule has 1 aromatic carbocycles. The molecule has 0 aliphatic carbocycles. The number of hydrogen-bond donors (Lipinski definition) is 1. The van der Waals surface area contributed by atoms with Gasteiger partial charge in [0.15, 0.2) is 0 Å². The SMILES string of the molecule is CN(C)CCCOc1ccc(NC(=O)C(Cl)(Cl)Cl)cc1. The molecule has 20 heavy (non-hydrogen) atoms. The number of carbonyl (C=O) groups excluding carboxylic acids is 1. The number of anilines is 1. The number of benzene rings is 1. The van der Waals surface area contributed by atoms with E-state index in [0.717, 1.165) is 18.7 Å². The summed E-state index contributed by atoms with van der Waals surface area (Å²) >= 11 is 16.4. The van der Waals surface area contributed by atoms with Crippen LogP contribution in [0.4, 0.5) is 5.69 Å². The van der Waals surface area contributed by atoms with Gasteiger partial charge in [-0.1, -0.05) is 34.8 Å². The van der Waals surface area contributed by atoms with Gasteiger partial charge in [-0.2, -0.15) is 0 Å². The van der Waals surface area contributed by atoms with Gasteiger partial charge in [0.1, 0.15) is 5.75 Å². The van der Waals surface area contributed by atoms with Gasteiger partial charge in [0.25, 0.3) is 9.70 Å². The summed E-state index contributed by atoms with van der Waals surface area (Å²) in [5.41, 5.74) is 0.543. The van der Waals surface area contributed by atoms with Crippen molar-refractivity contribution < 1.29 is 9.53 Å². The molecule has 0 atom stereocenters. The van der Waals surface area contributed by atoms with Crippen molar-refractivity contribution in [2.24, 2.45) is 0 Å². The predicted molar refractivity (Wildman–Crippen MR) is 84.0 cm³/mol. The number of carbonyl (C=O) groups is 1. The third kappa shape index (κ3) is 6.66. The molecular weight excluding hydrogens is 323 g/mol. The molecule has 0 aliphatic rings. The van der Waals surface area contributed by atoms with Gasteiger partial charge in [-0.15, -0.1) is 0 Å². The molecular formula is C13H17Cl3N2O2. The van der Waals surface area contributed by atoms with Crippen LogP contribution in [0.25, 0.3) is 0 Å².